The van der Waals surface area contributed by atoms with Crippen molar-refractivity contribution in [3.63, 3.8) is 0 Å². The number of rotatable bonds is 5. The fourth-order valence-corrected chi connectivity index (χ4v) is 1.72. The second kappa shape index (κ2) is 5.05. The minimum atomic E-state index is 0.209. The first kappa shape index (κ1) is 11.7. The van der Waals surface area contributed by atoms with Crippen molar-refractivity contribution in [2.75, 3.05) is 0 Å². The van der Waals surface area contributed by atoms with Crippen LogP contribution in [0.3, 0.4) is 0 Å². The van der Waals surface area contributed by atoms with E-state index in [0.717, 1.165) is 12.2 Å². The first-order valence-electron chi connectivity index (χ1n) is 5.68. The molecule has 17 heavy (non-hydrogen) atoms. The third kappa shape index (κ3) is 2.68. The Morgan fingerprint density at radius 2 is 2.29 bits per heavy atom. The van der Waals surface area contributed by atoms with Crippen molar-refractivity contribution in [3.05, 3.63) is 23.8 Å². The molecule has 92 valence electrons. The molecule has 0 spiro atoms. The lowest BCUT2D eigenvalue weighted by Gasteiger charge is -2.13. The predicted octanol–water partition coefficient (Wildman–Crippen LogP) is 0.277. The van der Waals surface area contributed by atoms with Gasteiger partial charge in [0.15, 0.2) is 5.82 Å². The molecule has 1 atom stereocenters. The molecule has 0 saturated heterocycles. The quantitative estimate of drug-likeness (QED) is 0.805. The van der Waals surface area contributed by atoms with Crippen molar-refractivity contribution in [1.29, 1.82) is 0 Å². The highest BCUT2D eigenvalue weighted by atomic mass is 15.6. The van der Waals surface area contributed by atoms with Crippen LogP contribution in [0.1, 0.15) is 31.4 Å². The SMILES string of the molecule is CCn1nccc1C(C)NCc1nnn(C)n1. The minimum Gasteiger partial charge on any atom is -0.302 e. The molecule has 0 fully saturated rings. The number of nitrogens with one attached hydrogen (secondary N) is 1. The summed E-state index contributed by atoms with van der Waals surface area (Å²) >= 11 is 0. The van der Waals surface area contributed by atoms with E-state index in [-0.39, 0.29) is 6.04 Å². The zero-order valence-corrected chi connectivity index (χ0v) is 10.3. The van der Waals surface area contributed by atoms with Crippen molar-refractivity contribution in [1.82, 2.24) is 35.3 Å². The van der Waals surface area contributed by atoms with Gasteiger partial charge in [-0.3, -0.25) is 4.68 Å². The van der Waals surface area contributed by atoms with E-state index in [0.29, 0.717) is 12.4 Å². The molecule has 0 aliphatic carbocycles. The summed E-state index contributed by atoms with van der Waals surface area (Å²) in [6.45, 7) is 5.65. The summed E-state index contributed by atoms with van der Waals surface area (Å²) in [6, 6.07) is 2.23. The zero-order valence-electron chi connectivity index (χ0n) is 10.3. The highest BCUT2D eigenvalue weighted by Gasteiger charge is 2.10. The van der Waals surface area contributed by atoms with Gasteiger partial charge in [-0.05, 0) is 25.1 Å². The summed E-state index contributed by atoms with van der Waals surface area (Å²) in [5.74, 6) is 0.696. The van der Waals surface area contributed by atoms with E-state index in [1.807, 2.05) is 16.9 Å². The number of hydrogen-bond acceptors (Lipinski definition) is 5. The van der Waals surface area contributed by atoms with Crippen LogP contribution in [0.25, 0.3) is 0 Å². The molecule has 7 nitrogen and oxygen atoms in total. The van der Waals surface area contributed by atoms with Gasteiger partial charge in [-0.15, -0.1) is 10.2 Å². The van der Waals surface area contributed by atoms with Crippen LogP contribution in [0.15, 0.2) is 12.3 Å². The first-order chi connectivity index (χ1) is 8.20. The van der Waals surface area contributed by atoms with Gasteiger partial charge < -0.3 is 5.32 Å². The Balaban J connectivity index is 1.95. The second-order valence-corrected chi connectivity index (χ2v) is 3.87. The maximum Gasteiger partial charge on any atom is 0.188 e. The van der Waals surface area contributed by atoms with Gasteiger partial charge in [0.2, 0.25) is 0 Å². The van der Waals surface area contributed by atoms with Crippen LogP contribution in [0.4, 0.5) is 0 Å². The summed E-state index contributed by atoms with van der Waals surface area (Å²) in [5.41, 5.74) is 1.16. The van der Waals surface area contributed by atoms with E-state index >= 15 is 0 Å². The molecule has 0 aliphatic heterocycles. The highest BCUT2D eigenvalue weighted by Crippen LogP contribution is 2.11. The standard InChI is InChI=1S/C10H17N7/c1-4-17-9(5-6-12-17)8(2)11-7-10-13-15-16(3)14-10/h5-6,8,11H,4,7H2,1-3H3. The Hall–Kier alpha value is -1.76. The average Bonchev–Trinajstić information content (AvgIpc) is 2.94. The van der Waals surface area contributed by atoms with Gasteiger partial charge in [0.1, 0.15) is 0 Å². The van der Waals surface area contributed by atoms with Gasteiger partial charge in [0.25, 0.3) is 0 Å². The molecule has 0 saturated carbocycles. The molecule has 1 N–H and O–H groups in total. The molecule has 2 rings (SSSR count). The summed E-state index contributed by atoms with van der Waals surface area (Å²) in [6.07, 6.45) is 1.82. The van der Waals surface area contributed by atoms with Gasteiger partial charge in [-0.25, -0.2) is 0 Å². The Morgan fingerprint density at radius 1 is 1.47 bits per heavy atom. The molecule has 2 aromatic heterocycles. The van der Waals surface area contributed by atoms with Crippen molar-refractivity contribution < 1.29 is 0 Å². The maximum absolute atomic E-state index is 4.24. The molecule has 0 aromatic carbocycles. The molecular formula is C10H17N7. The van der Waals surface area contributed by atoms with Crippen LogP contribution in [0, 0.1) is 0 Å². The molecule has 7 heteroatoms. The van der Waals surface area contributed by atoms with Crippen LogP contribution < -0.4 is 5.32 Å². The normalized spacial score (nSPS) is 12.9. The third-order valence-electron chi connectivity index (χ3n) is 2.61. The Kier molecular flexibility index (Phi) is 3.48. The molecule has 0 bridgehead atoms. The largest absolute Gasteiger partial charge is 0.302 e. The molecule has 1 unspecified atom stereocenters. The van der Waals surface area contributed by atoms with E-state index in [1.54, 1.807) is 7.05 Å². The molecule has 0 aliphatic rings. The van der Waals surface area contributed by atoms with Crippen molar-refractivity contribution in [3.8, 4) is 0 Å². The Bertz CT molecular complexity index is 472. The summed E-state index contributed by atoms with van der Waals surface area (Å²) in [5, 5.41) is 19.4. The Morgan fingerprint density at radius 3 is 2.94 bits per heavy atom. The molecule has 2 heterocycles. The molecule has 2 aromatic rings. The van der Waals surface area contributed by atoms with E-state index in [4.69, 9.17) is 0 Å². The molecule has 0 amide bonds. The minimum absolute atomic E-state index is 0.209. The van der Waals surface area contributed by atoms with Gasteiger partial charge in [-0.1, -0.05) is 0 Å². The predicted molar refractivity (Wildman–Crippen MR) is 62.0 cm³/mol. The number of hydrogen-bond donors (Lipinski definition) is 1. The number of nitrogens with zero attached hydrogens (tertiary/aromatic N) is 6. The number of aromatic nitrogens is 6. The molecular weight excluding hydrogens is 218 g/mol. The summed E-state index contributed by atoms with van der Waals surface area (Å²) < 4.78 is 1.97. The Labute approximate surface area is 99.8 Å². The van der Waals surface area contributed by atoms with E-state index in [9.17, 15) is 0 Å². The number of aryl methyl sites for hydroxylation is 2. The fraction of sp³-hybridized carbons (Fsp3) is 0.600. The average molecular weight is 235 g/mol. The lowest BCUT2D eigenvalue weighted by atomic mass is 10.2. The third-order valence-corrected chi connectivity index (χ3v) is 2.61. The fourth-order valence-electron chi connectivity index (χ4n) is 1.72. The van der Waals surface area contributed by atoms with E-state index < -0.39 is 0 Å². The zero-order chi connectivity index (χ0) is 12.3. The van der Waals surface area contributed by atoms with Crippen molar-refractivity contribution in [2.45, 2.75) is 33.0 Å². The van der Waals surface area contributed by atoms with Crippen LogP contribution >= 0.6 is 0 Å². The van der Waals surface area contributed by atoms with E-state index in [1.165, 1.54) is 4.80 Å². The lowest BCUT2D eigenvalue weighted by Crippen LogP contribution is -2.21. The maximum atomic E-state index is 4.24. The summed E-state index contributed by atoms with van der Waals surface area (Å²) in [4.78, 5) is 1.46. The van der Waals surface area contributed by atoms with Crippen molar-refractivity contribution >= 4 is 0 Å². The van der Waals surface area contributed by atoms with Crippen LogP contribution in [-0.2, 0) is 20.1 Å². The van der Waals surface area contributed by atoms with Gasteiger partial charge in [0, 0.05) is 18.8 Å². The summed E-state index contributed by atoms with van der Waals surface area (Å²) in [7, 11) is 1.76. The van der Waals surface area contributed by atoms with Crippen LogP contribution in [0.2, 0.25) is 0 Å². The van der Waals surface area contributed by atoms with Gasteiger partial charge in [0.05, 0.1) is 19.3 Å². The van der Waals surface area contributed by atoms with Crippen LogP contribution in [-0.4, -0.2) is 30.0 Å². The first-order valence-corrected chi connectivity index (χ1v) is 5.68. The molecule has 0 radical (unpaired) electrons. The van der Waals surface area contributed by atoms with Gasteiger partial charge >= 0.3 is 0 Å². The van der Waals surface area contributed by atoms with Crippen LogP contribution in [0.5, 0.6) is 0 Å². The second-order valence-electron chi connectivity index (χ2n) is 3.87. The lowest BCUT2D eigenvalue weighted by molar-refractivity contribution is 0.500. The highest BCUT2D eigenvalue weighted by molar-refractivity contribution is 5.05. The smallest absolute Gasteiger partial charge is 0.188 e. The van der Waals surface area contributed by atoms with Gasteiger partial charge in [-0.2, -0.15) is 9.90 Å². The topological polar surface area (TPSA) is 73.5 Å². The number of tetrazole rings is 1. The van der Waals surface area contributed by atoms with E-state index in [2.05, 4.69) is 39.7 Å². The van der Waals surface area contributed by atoms with Crippen molar-refractivity contribution in [2.24, 2.45) is 7.05 Å². The monoisotopic (exact) mass is 235 g/mol.